The molecule has 3 heterocycles. The van der Waals surface area contributed by atoms with Crippen LogP contribution in [-0.2, 0) is 0 Å². The van der Waals surface area contributed by atoms with E-state index in [1.807, 2.05) is 38.5 Å². The topological polar surface area (TPSA) is 41.0 Å². The lowest BCUT2D eigenvalue weighted by atomic mass is 10.1. The number of aromatic amines is 1. The maximum Gasteiger partial charge on any atom is 0.137 e. The molecule has 2 aromatic rings. The molecular formula is C14H17N3. The third-order valence-electron chi connectivity index (χ3n) is 2.62. The van der Waals surface area contributed by atoms with Crippen molar-refractivity contribution in [2.75, 3.05) is 0 Å². The molecule has 0 radical (unpaired) electrons. The smallest absolute Gasteiger partial charge is 0.137 e. The summed E-state index contributed by atoms with van der Waals surface area (Å²) in [5, 5.41) is 1.18. The van der Waals surface area contributed by atoms with Crippen LogP contribution in [-0.4, -0.2) is 16.2 Å². The average molecular weight is 227 g/mol. The highest BCUT2D eigenvalue weighted by Crippen LogP contribution is 2.30. The first-order valence-corrected chi connectivity index (χ1v) is 6.02. The lowest BCUT2D eigenvalue weighted by Gasteiger charge is -1.92. The Morgan fingerprint density at radius 3 is 2.94 bits per heavy atom. The number of H-pyrrole nitrogens is 1. The number of aromatic nitrogens is 2. The molecule has 3 nitrogen and oxygen atoms in total. The molecule has 3 rings (SSSR count). The predicted octanol–water partition coefficient (Wildman–Crippen LogP) is 3.95. The van der Waals surface area contributed by atoms with E-state index in [-0.39, 0.29) is 0 Å². The van der Waals surface area contributed by atoms with Gasteiger partial charge in [-0.2, -0.15) is 0 Å². The summed E-state index contributed by atoms with van der Waals surface area (Å²) in [6.45, 7) is 6.12. The number of hydrogen-bond acceptors (Lipinski definition) is 2. The van der Waals surface area contributed by atoms with Crippen LogP contribution in [0.3, 0.4) is 0 Å². The standard InChI is InChI=1S/C12H11N3.C2H6/c1-8-2-3-10-9-4-5-13-7-11(9)15-12(10)14-6-8;1-2/h2-8,15H,1H3;1-2H3. The summed E-state index contributed by atoms with van der Waals surface area (Å²) in [6.07, 6.45) is 9.87. The van der Waals surface area contributed by atoms with Crippen molar-refractivity contribution in [1.82, 2.24) is 9.97 Å². The van der Waals surface area contributed by atoms with Gasteiger partial charge in [-0.05, 0) is 6.07 Å². The van der Waals surface area contributed by atoms with E-state index in [9.17, 15) is 0 Å². The first kappa shape index (κ1) is 11.6. The number of nitrogens with one attached hydrogen (secondary N) is 1. The number of nitrogens with zero attached hydrogens (tertiary/aromatic N) is 2. The summed E-state index contributed by atoms with van der Waals surface area (Å²) in [4.78, 5) is 11.8. The second-order valence-corrected chi connectivity index (χ2v) is 3.80. The molecule has 1 atom stereocenters. The van der Waals surface area contributed by atoms with E-state index < -0.39 is 0 Å². The van der Waals surface area contributed by atoms with Crippen molar-refractivity contribution in [2.24, 2.45) is 10.9 Å². The zero-order valence-corrected chi connectivity index (χ0v) is 10.4. The third-order valence-corrected chi connectivity index (χ3v) is 2.62. The summed E-state index contributed by atoms with van der Waals surface area (Å²) < 4.78 is 0. The van der Waals surface area contributed by atoms with Crippen LogP contribution >= 0.6 is 0 Å². The van der Waals surface area contributed by atoms with E-state index in [1.54, 1.807) is 0 Å². The van der Waals surface area contributed by atoms with Gasteiger partial charge in [-0.25, -0.2) is 4.99 Å². The molecule has 0 spiro atoms. The fraction of sp³-hybridized carbons (Fsp3) is 0.286. The molecule has 3 heteroatoms. The van der Waals surface area contributed by atoms with E-state index in [1.165, 1.54) is 5.39 Å². The second kappa shape index (κ2) is 4.95. The minimum Gasteiger partial charge on any atom is -0.338 e. The van der Waals surface area contributed by atoms with Gasteiger partial charge in [0.25, 0.3) is 0 Å². The Kier molecular flexibility index (Phi) is 3.38. The molecule has 0 fully saturated rings. The van der Waals surface area contributed by atoms with Crippen molar-refractivity contribution < 1.29 is 0 Å². The van der Waals surface area contributed by atoms with Crippen LogP contribution in [0.25, 0.3) is 17.0 Å². The number of allylic oxidation sites excluding steroid dienone is 1. The van der Waals surface area contributed by atoms with Crippen LogP contribution < -0.4 is 0 Å². The molecule has 2 aromatic heterocycles. The number of pyridine rings is 1. The van der Waals surface area contributed by atoms with Crippen molar-refractivity contribution in [1.29, 1.82) is 0 Å². The Balaban J connectivity index is 0.000000514. The molecule has 1 aliphatic heterocycles. The van der Waals surface area contributed by atoms with E-state index >= 15 is 0 Å². The molecule has 17 heavy (non-hydrogen) atoms. The molecule has 0 aliphatic carbocycles. The molecule has 0 bridgehead atoms. The van der Waals surface area contributed by atoms with Gasteiger partial charge >= 0.3 is 0 Å². The fourth-order valence-corrected chi connectivity index (χ4v) is 1.81. The van der Waals surface area contributed by atoms with Crippen LogP contribution in [0.2, 0.25) is 0 Å². The van der Waals surface area contributed by atoms with Crippen molar-refractivity contribution in [3.63, 3.8) is 0 Å². The zero-order valence-electron chi connectivity index (χ0n) is 10.4. The number of aliphatic imine (C=N–C) groups is 1. The predicted molar refractivity (Wildman–Crippen MR) is 73.8 cm³/mol. The first-order valence-electron chi connectivity index (χ1n) is 6.02. The van der Waals surface area contributed by atoms with Crippen LogP contribution in [0.15, 0.2) is 29.5 Å². The Labute approximate surface area is 101 Å². The SMILES string of the molecule is CC.CC1C=Cc2c([nH]c3cnccc23)N=C1. The quantitative estimate of drug-likeness (QED) is 0.727. The fourth-order valence-electron chi connectivity index (χ4n) is 1.81. The van der Waals surface area contributed by atoms with Crippen molar-refractivity contribution >= 4 is 29.0 Å². The van der Waals surface area contributed by atoms with E-state index in [0.717, 1.165) is 16.9 Å². The van der Waals surface area contributed by atoms with Gasteiger partial charge in [-0.1, -0.05) is 32.9 Å². The molecule has 1 aliphatic rings. The Morgan fingerprint density at radius 2 is 2.12 bits per heavy atom. The van der Waals surface area contributed by atoms with Gasteiger partial charge < -0.3 is 4.98 Å². The summed E-state index contributed by atoms with van der Waals surface area (Å²) in [6, 6.07) is 2.01. The van der Waals surface area contributed by atoms with Gasteiger partial charge in [0.1, 0.15) is 5.82 Å². The van der Waals surface area contributed by atoms with Gasteiger partial charge in [0.05, 0.1) is 11.7 Å². The number of fused-ring (bicyclic) bond motifs is 3. The van der Waals surface area contributed by atoms with E-state index in [0.29, 0.717) is 5.92 Å². The highest BCUT2D eigenvalue weighted by molar-refractivity contribution is 5.95. The summed E-state index contributed by atoms with van der Waals surface area (Å²) in [5.74, 6) is 1.32. The lowest BCUT2D eigenvalue weighted by Crippen LogP contribution is -1.86. The molecule has 1 N–H and O–H groups in total. The van der Waals surface area contributed by atoms with Gasteiger partial charge in [-0.3, -0.25) is 4.98 Å². The van der Waals surface area contributed by atoms with Gasteiger partial charge in [-0.15, -0.1) is 0 Å². The third kappa shape index (κ3) is 2.13. The van der Waals surface area contributed by atoms with Crippen molar-refractivity contribution in [3.05, 3.63) is 30.1 Å². The van der Waals surface area contributed by atoms with Gasteiger partial charge in [0.15, 0.2) is 0 Å². The van der Waals surface area contributed by atoms with Crippen LogP contribution in [0.1, 0.15) is 26.3 Å². The average Bonchev–Trinajstić information content (AvgIpc) is 2.64. The first-order chi connectivity index (χ1) is 8.34. The summed E-state index contributed by atoms with van der Waals surface area (Å²) in [7, 11) is 0. The minimum absolute atomic E-state index is 0.391. The Morgan fingerprint density at radius 1 is 1.29 bits per heavy atom. The Bertz CT molecular complexity index is 564. The largest absolute Gasteiger partial charge is 0.338 e. The van der Waals surface area contributed by atoms with Crippen molar-refractivity contribution in [3.8, 4) is 0 Å². The van der Waals surface area contributed by atoms with Crippen molar-refractivity contribution in [2.45, 2.75) is 20.8 Å². The highest BCUT2D eigenvalue weighted by atomic mass is 14.9. The van der Waals surface area contributed by atoms with Gasteiger partial charge in [0.2, 0.25) is 0 Å². The molecule has 0 saturated carbocycles. The maximum absolute atomic E-state index is 4.43. The molecule has 1 unspecified atom stereocenters. The monoisotopic (exact) mass is 227 g/mol. The summed E-state index contributed by atoms with van der Waals surface area (Å²) in [5.41, 5.74) is 2.20. The maximum atomic E-state index is 4.43. The van der Waals surface area contributed by atoms with E-state index in [4.69, 9.17) is 0 Å². The van der Waals surface area contributed by atoms with Crippen LogP contribution in [0.4, 0.5) is 5.82 Å². The number of rotatable bonds is 0. The van der Waals surface area contributed by atoms with Crippen LogP contribution in [0.5, 0.6) is 0 Å². The normalized spacial score (nSPS) is 17.2. The minimum atomic E-state index is 0.391. The second-order valence-electron chi connectivity index (χ2n) is 3.80. The summed E-state index contributed by atoms with van der Waals surface area (Å²) >= 11 is 0. The molecule has 0 saturated heterocycles. The van der Waals surface area contributed by atoms with E-state index in [2.05, 4.69) is 34.0 Å². The Hall–Kier alpha value is -1.90. The highest BCUT2D eigenvalue weighted by Gasteiger charge is 2.10. The lowest BCUT2D eigenvalue weighted by molar-refractivity contribution is 1.03. The van der Waals surface area contributed by atoms with Crippen LogP contribution in [0, 0.1) is 5.92 Å². The number of hydrogen-bond donors (Lipinski definition) is 1. The molecular weight excluding hydrogens is 210 g/mol. The molecule has 88 valence electrons. The van der Waals surface area contributed by atoms with Gasteiger partial charge in [0, 0.05) is 29.3 Å². The zero-order chi connectivity index (χ0) is 12.3. The molecule has 0 aromatic carbocycles. The molecule has 0 amide bonds.